The number of hydrogen-bond acceptors (Lipinski definition) is 4. The molecule has 1 atom stereocenters. The molecule has 0 aromatic heterocycles. The Hall–Kier alpha value is -0.0100. The van der Waals surface area contributed by atoms with Crippen molar-refractivity contribution in [2.45, 2.75) is 110 Å². The number of hydroxylamine groups is 2. The van der Waals surface area contributed by atoms with Crippen LogP contribution < -0.4 is 5.59 Å². The number of nitrogens with zero attached hydrogens (tertiary/aromatic N) is 1. The van der Waals surface area contributed by atoms with Gasteiger partial charge in [-0.25, -0.2) is 0 Å². The topological polar surface area (TPSA) is 110 Å². The van der Waals surface area contributed by atoms with E-state index in [4.69, 9.17) is 15.0 Å². The molecule has 0 aliphatic heterocycles. The van der Waals surface area contributed by atoms with E-state index >= 15 is 0 Å². The number of nitrogens with one attached hydrogen (secondary N) is 1. The highest BCUT2D eigenvalue weighted by atomic mass is 31.2. The van der Waals surface area contributed by atoms with Crippen LogP contribution in [0.5, 0.6) is 0 Å². The van der Waals surface area contributed by atoms with E-state index in [2.05, 4.69) is 6.92 Å². The maximum atomic E-state index is 10.9. The first-order valence-electron chi connectivity index (χ1n) is 10.9. The van der Waals surface area contributed by atoms with Gasteiger partial charge in [0.15, 0.2) is 0 Å². The molecule has 0 heterocycles. The van der Waals surface area contributed by atoms with Gasteiger partial charge in [-0.05, 0) is 12.0 Å². The summed E-state index contributed by atoms with van der Waals surface area (Å²) in [4.78, 5) is 17.8. The summed E-state index contributed by atoms with van der Waals surface area (Å²) in [5.41, 5.74) is 1.59. The van der Waals surface area contributed by atoms with Crippen molar-refractivity contribution in [1.82, 2.24) is 5.59 Å². The van der Waals surface area contributed by atoms with Crippen molar-refractivity contribution in [3.63, 3.8) is 0 Å². The van der Waals surface area contributed by atoms with Gasteiger partial charge in [0.2, 0.25) is 6.29 Å². The summed E-state index contributed by atoms with van der Waals surface area (Å²) in [5, 5.41) is 18.8. The van der Waals surface area contributed by atoms with Crippen molar-refractivity contribution in [2.24, 2.45) is 0 Å². The molecule has 8 heteroatoms. The number of hydrogen-bond donors (Lipinski definition) is 5. The van der Waals surface area contributed by atoms with E-state index in [1.165, 1.54) is 77.0 Å². The van der Waals surface area contributed by atoms with Crippen LogP contribution in [0, 0.1) is 0 Å². The minimum absolute atomic E-state index is 0.0695. The highest BCUT2D eigenvalue weighted by Gasteiger charge is 2.34. The molecule has 0 saturated carbocycles. The SMILES string of the molecule is CCCCCCCCCCCCCCCCCC[N+](O)(CP(=O)(O)O)NO. The monoisotopic (exact) mass is 411 g/mol. The Morgan fingerprint density at radius 2 is 1.04 bits per heavy atom. The van der Waals surface area contributed by atoms with E-state index in [0.717, 1.165) is 19.3 Å². The Labute approximate surface area is 165 Å². The molecule has 1 unspecified atom stereocenters. The maximum absolute atomic E-state index is 10.9. The van der Waals surface area contributed by atoms with Crippen LogP contribution in [0.2, 0.25) is 0 Å². The normalized spacial score (nSPS) is 14.4. The Bertz CT molecular complexity index is 381. The van der Waals surface area contributed by atoms with Crippen LogP contribution in [-0.2, 0) is 4.57 Å². The van der Waals surface area contributed by atoms with E-state index in [1.807, 2.05) is 0 Å². The zero-order chi connectivity index (χ0) is 20.4. The largest absolute Gasteiger partial charge is 0.384 e. The van der Waals surface area contributed by atoms with Crippen LogP contribution >= 0.6 is 7.60 Å². The fourth-order valence-corrected chi connectivity index (χ4v) is 4.19. The summed E-state index contributed by atoms with van der Waals surface area (Å²) in [5.74, 6) is 0. The van der Waals surface area contributed by atoms with Crippen LogP contribution in [0.4, 0.5) is 0 Å². The smallest absolute Gasteiger partial charge is 0.320 e. The van der Waals surface area contributed by atoms with Crippen molar-refractivity contribution in [3.05, 3.63) is 0 Å². The number of unbranched alkanes of at least 4 members (excludes halogenated alkanes) is 15. The molecular formula is C19H44N2O5P+. The van der Waals surface area contributed by atoms with Crippen LogP contribution in [0.25, 0.3) is 0 Å². The van der Waals surface area contributed by atoms with Crippen molar-refractivity contribution >= 4 is 7.60 Å². The standard InChI is InChI=1S/C19H43N2O5P/c1-2-3-4-5-6-7-8-9-10-11-12-13-14-15-16-17-18-21(23,20-22)19-27(24,25)26/h20,22-23H,2-19H2,1H3,(H-,24,25,26)/p+1. The molecule has 0 aliphatic carbocycles. The lowest BCUT2D eigenvalue weighted by Gasteiger charge is -2.26. The van der Waals surface area contributed by atoms with Crippen LogP contribution in [-0.4, -0.2) is 37.8 Å². The summed E-state index contributed by atoms with van der Waals surface area (Å²) >= 11 is 0. The lowest BCUT2D eigenvalue weighted by atomic mass is 10.0. The first-order valence-corrected chi connectivity index (χ1v) is 12.7. The Kier molecular flexibility index (Phi) is 16.9. The molecule has 164 valence electrons. The summed E-state index contributed by atoms with van der Waals surface area (Å²) in [7, 11) is -4.40. The molecule has 0 aromatic rings. The molecule has 0 radical (unpaired) electrons. The van der Waals surface area contributed by atoms with E-state index in [-0.39, 0.29) is 6.54 Å². The molecule has 27 heavy (non-hydrogen) atoms. The number of quaternary nitrogens is 1. The highest BCUT2D eigenvalue weighted by Crippen LogP contribution is 2.36. The van der Waals surface area contributed by atoms with Gasteiger partial charge in [-0.1, -0.05) is 102 Å². The van der Waals surface area contributed by atoms with Crippen molar-refractivity contribution < 1.29 is 29.5 Å². The lowest BCUT2D eigenvalue weighted by Crippen LogP contribution is -2.55. The third kappa shape index (κ3) is 19.1. The molecule has 0 rings (SSSR count). The second-order valence-electron chi connectivity index (χ2n) is 7.86. The summed E-state index contributed by atoms with van der Waals surface area (Å²) in [6.07, 6.45) is 19.0. The molecular weight excluding hydrogens is 367 g/mol. The second-order valence-corrected chi connectivity index (χ2v) is 9.47. The molecule has 7 nitrogen and oxygen atoms in total. The van der Waals surface area contributed by atoms with Gasteiger partial charge in [-0.3, -0.25) is 9.77 Å². The van der Waals surface area contributed by atoms with Crippen LogP contribution in [0.15, 0.2) is 0 Å². The van der Waals surface area contributed by atoms with E-state index in [0.29, 0.717) is 6.42 Å². The average molecular weight is 412 g/mol. The van der Waals surface area contributed by atoms with Crippen LogP contribution in [0.3, 0.4) is 0 Å². The Morgan fingerprint density at radius 3 is 1.33 bits per heavy atom. The van der Waals surface area contributed by atoms with Crippen molar-refractivity contribution in [1.29, 1.82) is 0 Å². The molecule has 0 fully saturated rings. The summed E-state index contributed by atoms with van der Waals surface area (Å²) in [6, 6.07) is 0. The van der Waals surface area contributed by atoms with Crippen molar-refractivity contribution in [2.75, 3.05) is 12.8 Å². The van der Waals surface area contributed by atoms with E-state index in [9.17, 15) is 9.77 Å². The quantitative estimate of drug-likeness (QED) is 0.0785. The first kappa shape index (κ1) is 27.0. The predicted molar refractivity (Wildman–Crippen MR) is 108 cm³/mol. The van der Waals surface area contributed by atoms with Gasteiger partial charge in [-0.15, -0.1) is 0 Å². The molecule has 0 spiro atoms. The molecule has 5 N–H and O–H groups in total. The lowest BCUT2D eigenvalue weighted by molar-refractivity contribution is -1.15. The third-order valence-corrected chi connectivity index (χ3v) is 5.82. The summed E-state index contributed by atoms with van der Waals surface area (Å²) < 4.78 is 9.74. The molecule has 0 saturated heterocycles. The van der Waals surface area contributed by atoms with E-state index < -0.39 is 18.6 Å². The predicted octanol–water partition coefficient (Wildman–Crippen LogP) is 5.48. The average Bonchev–Trinajstić information content (AvgIpc) is 2.60. The van der Waals surface area contributed by atoms with Gasteiger partial charge in [0.05, 0.1) is 0 Å². The second kappa shape index (κ2) is 16.9. The Balaban J connectivity index is 3.37. The fraction of sp³-hybridized carbons (Fsp3) is 1.00. The van der Waals surface area contributed by atoms with Gasteiger partial charge in [0.25, 0.3) is 0 Å². The molecule has 0 aliphatic rings. The molecule has 0 bridgehead atoms. The van der Waals surface area contributed by atoms with Gasteiger partial charge in [-0.2, -0.15) is 5.21 Å². The summed E-state index contributed by atoms with van der Waals surface area (Å²) in [6.45, 7) is 2.32. The van der Waals surface area contributed by atoms with E-state index in [1.54, 1.807) is 5.59 Å². The van der Waals surface area contributed by atoms with Gasteiger partial charge >= 0.3 is 7.60 Å². The minimum atomic E-state index is -4.40. The van der Waals surface area contributed by atoms with Crippen molar-refractivity contribution in [3.8, 4) is 0 Å². The fourth-order valence-electron chi connectivity index (χ4n) is 3.38. The zero-order valence-electron chi connectivity index (χ0n) is 17.3. The molecule has 0 amide bonds. The zero-order valence-corrected chi connectivity index (χ0v) is 18.2. The van der Waals surface area contributed by atoms with Gasteiger partial charge < -0.3 is 9.79 Å². The Morgan fingerprint density at radius 1 is 0.704 bits per heavy atom. The third-order valence-electron chi connectivity index (χ3n) is 4.99. The number of rotatable bonds is 20. The maximum Gasteiger partial charge on any atom is 0.384 e. The minimum Gasteiger partial charge on any atom is -0.320 e. The van der Waals surface area contributed by atoms with Gasteiger partial charge in [0.1, 0.15) is 6.54 Å². The van der Waals surface area contributed by atoms with Gasteiger partial charge in [0, 0.05) is 6.42 Å². The highest BCUT2D eigenvalue weighted by molar-refractivity contribution is 7.51. The first-order chi connectivity index (χ1) is 12.8. The molecule has 0 aromatic carbocycles. The van der Waals surface area contributed by atoms with Crippen LogP contribution in [0.1, 0.15) is 110 Å².